The SMILES string of the molecule is O=C(Cc1csc(CCc2ccccn2)n1)NC1CC1. The molecule has 0 bridgehead atoms. The molecule has 0 radical (unpaired) electrons. The zero-order valence-electron chi connectivity index (χ0n) is 11.2. The Morgan fingerprint density at radius 1 is 1.30 bits per heavy atom. The van der Waals surface area contributed by atoms with E-state index in [0.29, 0.717) is 12.5 Å². The zero-order chi connectivity index (χ0) is 13.8. The summed E-state index contributed by atoms with van der Waals surface area (Å²) >= 11 is 1.63. The van der Waals surface area contributed by atoms with Crippen LogP contribution in [0.1, 0.15) is 29.2 Å². The van der Waals surface area contributed by atoms with Crippen LogP contribution in [0.4, 0.5) is 0 Å². The monoisotopic (exact) mass is 287 g/mol. The summed E-state index contributed by atoms with van der Waals surface area (Å²) in [5, 5.41) is 6.05. The first kappa shape index (κ1) is 13.2. The maximum Gasteiger partial charge on any atom is 0.226 e. The van der Waals surface area contributed by atoms with Crippen LogP contribution < -0.4 is 5.32 Å². The van der Waals surface area contributed by atoms with Crippen molar-refractivity contribution < 1.29 is 4.79 Å². The summed E-state index contributed by atoms with van der Waals surface area (Å²) in [5.74, 6) is 0.0917. The first-order valence-corrected chi connectivity index (χ1v) is 7.80. The summed E-state index contributed by atoms with van der Waals surface area (Å²) in [7, 11) is 0. The van der Waals surface area contributed by atoms with Gasteiger partial charge in [-0.15, -0.1) is 11.3 Å². The van der Waals surface area contributed by atoms with Gasteiger partial charge in [0.2, 0.25) is 5.91 Å². The fourth-order valence-electron chi connectivity index (χ4n) is 2.00. The van der Waals surface area contributed by atoms with Crippen LogP contribution in [0.2, 0.25) is 0 Å². The van der Waals surface area contributed by atoms with Gasteiger partial charge in [-0.3, -0.25) is 9.78 Å². The Morgan fingerprint density at radius 2 is 2.20 bits per heavy atom. The number of nitrogens with one attached hydrogen (secondary N) is 1. The Balaban J connectivity index is 1.49. The molecule has 4 nitrogen and oxygen atoms in total. The number of nitrogens with zero attached hydrogens (tertiary/aromatic N) is 2. The molecule has 0 spiro atoms. The van der Waals surface area contributed by atoms with Gasteiger partial charge in [0.25, 0.3) is 0 Å². The average Bonchev–Trinajstić information content (AvgIpc) is 3.15. The van der Waals surface area contributed by atoms with Gasteiger partial charge in [-0.1, -0.05) is 6.07 Å². The van der Waals surface area contributed by atoms with Gasteiger partial charge in [0.05, 0.1) is 17.1 Å². The number of aryl methyl sites for hydroxylation is 2. The van der Waals surface area contributed by atoms with Gasteiger partial charge < -0.3 is 5.32 Å². The van der Waals surface area contributed by atoms with E-state index in [2.05, 4.69) is 15.3 Å². The molecule has 0 saturated heterocycles. The molecule has 3 rings (SSSR count). The molecule has 2 aromatic heterocycles. The number of thiazole rings is 1. The maximum absolute atomic E-state index is 11.7. The lowest BCUT2D eigenvalue weighted by Crippen LogP contribution is -2.27. The quantitative estimate of drug-likeness (QED) is 0.885. The molecule has 1 aliphatic rings. The van der Waals surface area contributed by atoms with Gasteiger partial charge in [0.15, 0.2) is 0 Å². The molecule has 1 N–H and O–H groups in total. The Morgan fingerprint density at radius 3 is 2.95 bits per heavy atom. The van der Waals surface area contributed by atoms with Crippen molar-refractivity contribution in [3.05, 3.63) is 46.2 Å². The predicted molar refractivity (Wildman–Crippen MR) is 78.6 cm³/mol. The van der Waals surface area contributed by atoms with Crippen molar-refractivity contribution in [3.8, 4) is 0 Å². The lowest BCUT2D eigenvalue weighted by atomic mass is 10.2. The van der Waals surface area contributed by atoms with Gasteiger partial charge in [-0.2, -0.15) is 0 Å². The predicted octanol–water partition coefficient (Wildman–Crippen LogP) is 2.14. The molecule has 2 aromatic rings. The molecule has 0 atom stereocenters. The molecule has 20 heavy (non-hydrogen) atoms. The normalized spacial score (nSPS) is 14.2. The summed E-state index contributed by atoms with van der Waals surface area (Å²) in [6.07, 6.45) is 6.23. The maximum atomic E-state index is 11.7. The van der Waals surface area contributed by atoms with Crippen LogP contribution >= 0.6 is 11.3 Å². The van der Waals surface area contributed by atoms with E-state index in [1.54, 1.807) is 11.3 Å². The minimum atomic E-state index is 0.0917. The molecule has 0 aliphatic heterocycles. The second-order valence-corrected chi connectivity index (χ2v) is 6.01. The van der Waals surface area contributed by atoms with Crippen LogP contribution in [0.15, 0.2) is 29.8 Å². The molecular weight excluding hydrogens is 270 g/mol. The number of hydrogen-bond acceptors (Lipinski definition) is 4. The van der Waals surface area contributed by atoms with Gasteiger partial charge in [0, 0.05) is 29.7 Å². The highest BCUT2D eigenvalue weighted by Crippen LogP contribution is 2.19. The molecule has 104 valence electrons. The smallest absolute Gasteiger partial charge is 0.226 e. The van der Waals surface area contributed by atoms with Crippen molar-refractivity contribution in [3.63, 3.8) is 0 Å². The Kier molecular flexibility index (Phi) is 4.06. The van der Waals surface area contributed by atoms with Gasteiger partial charge in [-0.25, -0.2) is 4.98 Å². The number of pyridine rings is 1. The van der Waals surface area contributed by atoms with Crippen LogP contribution in [0, 0.1) is 0 Å². The molecule has 1 saturated carbocycles. The number of rotatable bonds is 6. The van der Waals surface area contributed by atoms with E-state index >= 15 is 0 Å². The van der Waals surface area contributed by atoms with E-state index in [1.165, 1.54) is 0 Å². The second-order valence-electron chi connectivity index (χ2n) is 5.07. The first-order valence-electron chi connectivity index (χ1n) is 6.92. The van der Waals surface area contributed by atoms with E-state index in [0.717, 1.165) is 42.1 Å². The van der Waals surface area contributed by atoms with Gasteiger partial charge in [0.1, 0.15) is 0 Å². The number of carbonyl (C=O) groups is 1. The van der Waals surface area contributed by atoms with E-state index in [1.807, 2.05) is 29.8 Å². The molecule has 1 aliphatic carbocycles. The second kappa shape index (κ2) is 6.13. The number of amides is 1. The standard InChI is InChI=1S/C15H17N3OS/c19-14(17-12-4-5-12)9-13-10-20-15(18-13)7-6-11-3-1-2-8-16-11/h1-3,8,10,12H,4-7,9H2,(H,17,19). The minimum absolute atomic E-state index is 0.0917. The fourth-order valence-corrected chi connectivity index (χ4v) is 2.79. The summed E-state index contributed by atoms with van der Waals surface area (Å²) in [5.41, 5.74) is 1.96. The fraction of sp³-hybridized carbons (Fsp3) is 0.400. The van der Waals surface area contributed by atoms with Crippen molar-refractivity contribution in [2.75, 3.05) is 0 Å². The third kappa shape index (κ3) is 3.87. The third-order valence-corrected chi connectivity index (χ3v) is 4.16. The van der Waals surface area contributed by atoms with Crippen molar-refractivity contribution in [1.82, 2.24) is 15.3 Å². The number of hydrogen-bond donors (Lipinski definition) is 1. The molecular formula is C15H17N3OS. The first-order chi connectivity index (χ1) is 9.79. The van der Waals surface area contributed by atoms with Crippen molar-refractivity contribution in [2.24, 2.45) is 0 Å². The topological polar surface area (TPSA) is 54.9 Å². The average molecular weight is 287 g/mol. The summed E-state index contributed by atoms with van der Waals surface area (Å²) in [6.45, 7) is 0. The zero-order valence-corrected chi connectivity index (χ0v) is 12.0. The number of aromatic nitrogens is 2. The van der Waals surface area contributed by atoms with Crippen LogP contribution in [0.5, 0.6) is 0 Å². The van der Waals surface area contributed by atoms with Crippen molar-refractivity contribution in [2.45, 2.75) is 38.1 Å². The highest BCUT2D eigenvalue weighted by atomic mass is 32.1. The van der Waals surface area contributed by atoms with E-state index < -0.39 is 0 Å². The molecule has 5 heteroatoms. The van der Waals surface area contributed by atoms with Crippen LogP contribution in [-0.4, -0.2) is 21.9 Å². The van der Waals surface area contributed by atoms with Crippen LogP contribution in [0.3, 0.4) is 0 Å². The van der Waals surface area contributed by atoms with Crippen molar-refractivity contribution >= 4 is 17.2 Å². The molecule has 0 aromatic carbocycles. The van der Waals surface area contributed by atoms with Crippen LogP contribution in [0.25, 0.3) is 0 Å². The van der Waals surface area contributed by atoms with Gasteiger partial charge in [-0.05, 0) is 31.4 Å². The minimum Gasteiger partial charge on any atom is -0.353 e. The Hall–Kier alpha value is -1.75. The van der Waals surface area contributed by atoms with E-state index in [4.69, 9.17) is 0 Å². The Labute approximate surface area is 122 Å². The molecule has 1 amide bonds. The highest BCUT2D eigenvalue weighted by Gasteiger charge is 2.23. The third-order valence-electron chi connectivity index (χ3n) is 3.20. The van der Waals surface area contributed by atoms with Crippen molar-refractivity contribution in [1.29, 1.82) is 0 Å². The molecule has 2 heterocycles. The van der Waals surface area contributed by atoms with Gasteiger partial charge >= 0.3 is 0 Å². The van der Waals surface area contributed by atoms with E-state index in [-0.39, 0.29) is 5.91 Å². The van der Waals surface area contributed by atoms with Crippen LogP contribution in [-0.2, 0) is 24.1 Å². The lowest BCUT2D eigenvalue weighted by molar-refractivity contribution is -0.120. The summed E-state index contributed by atoms with van der Waals surface area (Å²) < 4.78 is 0. The Bertz CT molecular complexity index is 578. The molecule has 1 fully saturated rings. The highest BCUT2D eigenvalue weighted by molar-refractivity contribution is 7.09. The van der Waals surface area contributed by atoms with E-state index in [9.17, 15) is 4.79 Å². The summed E-state index contributed by atoms with van der Waals surface area (Å²) in [6, 6.07) is 6.36. The largest absolute Gasteiger partial charge is 0.353 e. The lowest BCUT2D eigenvalue weighted by Gasteiger charge is -2.00. The molecule has 0 unspecified atom stereocenters. The summed E-state index contributed by atoms with van der Waals surface area (Å²) in [4.78, 5) is 20.5. The number of carbonyl (C=O) groups excluding carboxylic acids is 1.